The van der Waals surface area contributed by atoms with Crippen LogP contribution in [0.2, 0.25) is 0 Å². The van der Waals surface area contributed by atoms with Crippen molar-refractivity contribution in [3.63, 3.8) is 0 Å². The van der Waals surface area contributed by atoms with Crippen molar-refractivity contribution in [2.75, 3.05) is 27.2 Å². The van der Waals surface area contributed by atoms with Gasteiger partial charge in [-0.15, -0.1) is 0 Å². The second-order valence-electron chi connectivity index (χ2n) is 4.00. The van der Waals surface area contributed by atoms with Crippen LogP contribution in [0.1, 0.15) is 26.2 Å². The quantitative estimate of drug-likeness (QED) is 0.652. The van der Waals surface area contributed by atoms with Crippen molar-refractivity contribution >= 4 is 5.91 Å². The summed E-state index contributed by atoms with van der Waals surface area (Å²) >= 11 is 0. The van der Waals surface area contributed by atoms with Gasteiger partial charge in [-0.2, -0.15) is 0 Å². The lowest BCUT2D eigenvalue weighted by Crippen LogP contribution is -2.40. The Labute approximate surface area is 80.7 Å². The summed E-state index contributed by atoms with van der Waals surface area (Å²) in [5, 5.41) is 0. The molecule has 3 nitrogen and oxygen atoms in total. The van der Waals surface area contributed by atoms with Gasteiger partial charge in [-0.05, 0) is 26.9 Å². The highest BCUT2D eigenvalue weighted by Gasteiger charge is 2.27. The summed E-state index contributed by atoms with van der Waals surface area (Å²) in [6, 6.07) is 0.461. The van der Waals surface area contributed by atoms with Crippen molar-refractivity contribution < 1.29 is 4.79 Å². The zero-order valence-electron chi connectivity index (χ0n) is 8.92. The van der Waals surface area contributed by atoms with E-state index in [1.54, 1.807) is 0 Å². The Balaban J connectivity index is 2.48. The van der Waals surface area contributed by atoms with Gasteiger partial charge in [0.1, 0.15) is 0 Å². The third-order valence-corrected chi connectivity index (χ3v) is 2.58. The maximum absolute atomic E-state index is 11.5. The second-order valence-corrected chi connectivity index (χ2v) is 4.00. The second kappa shape index (κ2) is 4.61. The topological polar surface area (TPSA) is 23.6 Å². The van der Waals surface area contributed by atoms with Gasteiger partial charge in [0, 0.05) is 25.6 Å². The minimum absolute atomic E-state index is 0.310. The molecule has 1 unspecified atom stereocenters. The molecule has 1 heterocycles. The fourth-order valence-corrected chi connectivity index (χ4v) is 1.98. The predicted octanol–water partition coefficient (Wildman–Crippen LogP) is 0.949. The summed E-state index contributed by atoms with van der Waals surface area (Å²) in [5.41, 5.74) is 0. The molecule has 0 aromatic heterocycles. The molecule has 0 aromatic carbocycles. The van der Waals surface area contributed by atoms with E-state index in [2.05, 4.69) is 19.0 Å². The molecule has 3 heteroatoms. The summed E-state index contributed by atoms with van der Waals surface area (Å²) in [6.45, 7) is 3.91. The van der Waals surface area contributed by atoms with Crippen LogP contribution in [-0.2, 0) is 4.79 Å². The van der Waals surface area contributed by atoms with Crippen LogP contribution in [0.4, 0.5) is 0 Å². The van der Waals surface area contributed by atoms with E-state index in [4.69, 9.17) is 0 Å². The van der Waals surface area contributed by atoms with Crippen molar-refractivity contribution in [2.24, 2.45) is 0 Å². The number of carbonyl (C=O) groups is 1. The predicted molar refractivity (Wildman–Crippen MR) is 53.6 cm³/mol. The lowest BCUT2D eigenvalue weighted by molar-refractivity contribution is -0.131. The van der Waals surface area contributed by atoms with Crippen molar-refractivity contribution in [1.82, 2.24) is 9.80 Å². The van der Waals surface area contributed by atoms with Gasteiger partial charge < -0.3 is 9.80 Å². The van der Waals surface area contributed by atoms with Gasteiger partial charge in [0.15, 0.2) is 0 Å². The minimum atomic E-state index is 0.310. The van der Waals surface area contributed by atoms with Crippen LogP contribution in [-0.4, -0.2) is 48.9 Å². The van der Waals surface area contributed by atoms with Gasteiger partial charge in [0.05, 0.1) is 0 Å². The Morgan fingerprint density at radius 3 is 2.77 bits per heavy atom. The highest BCUT2D eigenvalue weighted by atomic mass is 16.2. The molecule has 0 bridgehead atoms. The molecule has 1 aliphatic heterocycles. The lowest BCUT2D eigenvalue weighted by Gasteiger charge is -2.26. The van der Waals surface area contributed by atoms with Crippen LogP contribution in [0, 0.1) is 0 Å². The Bertz CT molecular complexity index is 180. The van der Waals surface area contributed by atoms with E-state index < -0.39 is 0 Å². The number of likely N-dealkylation sites (N-methyl/N-ethyl adjacent to an activating group) is 1. The van der Waals surface area contributed by atoms with Crippen LogP contribution in [0.25, 0.3) is 0 Å². The highest BCUT2D eigenvalue weighted by molar-refractivity contribution is 5.76. The Morgan fingerprint density at radius 2 is 2.23 bits per heavy atom. The van der Waals surface area contributed by atoms with Gasteiger partial charge in [0.2, 0.25) is 5.91 Å². The van der Waals surface area contributed by atoms with E-state index in [-0.39, 0.29) is 0 Å². The number of hydrogen-bond donors (Lipinski definition) is 0. The Hall–Kier alpha value is -0.570. The fraction of sp³-hybridized carbons (Fsp3) is 0.900. The number of carbonyl (C=O) groups excluding carboxylic acids is 1. The molecule has 0 aromatic rings. The number of likely N-dealkylation sites (tertiary alicyclic amines) is 1. The van der Waals surface area contributed by atoms with E-state index in [1.807, 2.05) is 11.8 Å². The van der Waals surface area contributed by atoms with E-state index in [0.717, 1.165) is 13.1 Å². The number of nitrogens with zero attached hydrogens (tertiary/aromatic N) is 2. The first-order chi connectivity index (χ1) is 6.15. The third-order valence-electron chi connectivity index (χ3n) is 2.58. The average molecular weight is 184 g/mol. The summed E-state index contributed by atoms with van der Waals surface area (Å²) < 4.78 is 0. The molecule has 1 aliphatic rings. The average Bonchev–Trinajstić information content (AvgIpc) is 2.50. The maximum atomic E-state index is 11.5. The van der Waals surface area contributed by atoms with Gasteiger partial charge >= 0.3 is 0 Å². The SMILES string of the molecule is CCC(=O)N1CCCC1CN(C)C. The summed E-state index contributed by atoms with van der Waals surface area (Å²) in [7, 11) is 4.12. The van der Waals surface area contributed by atoms with Crippen LogP contribution < -0.4 is 0 Å². The summed E-state index contributed by atoms with van der Waals surface area (Å²) in [6.07, 6.45) is 2.98. The largest absolute Gasteiger partial charge is 0.338 e. The maximum Gasteiger partial charge on any atom is 0.222 e. The zero-order chi connectivity index (χ0) is 9.84. The zero-order valence-corrected chi connectivity index (χ0v) is 8.92. The number of rotatable bonds is 3. The molecular weight excluding hydrogens is 164 g/mol. The molecule has 0 N–H and O–H groups in total. The molecule has 13 heavy (non-hydrogen) atoms. The minimum Gasteiger partial charge on any atom is -0.338 e. The standard InChI is InChI=1S/C10H20N2O/c1-4-10(13)12-7-5-6-9(12)8-11(2)3/h9H,4-8H2,1-3H3. The Morgan fingerprint density at radius 1 is 1.54 bits per heavy atom. The van der Waals surface area contributed by atoms with Crippen LogP contribution in [0.3, 0.4) is 0 Å². The van der Waals surface area contributed by atoms with Crippen LogP contribution >= 0.6 is 0 Å². The van der Waals surface area contributed by atoms with Crippen molar-refractivity contribution in [3.8, 4) is 0 Å². The van der Waals surface area contributed by atoms with Crippen molar-refractivity contribution in [2.45, 2.75) is 32.2 Å². The van der Waals surface area contributed by atoms with E-state index >= 15 is 0 Å². The van der Waals surface area contributed by atoms with Gasteiger partial charge in [0.25, 0.3) is 0 Å². The molecule has 0 radical (unpaired) electrons. The van der Waals surface area contributed by atoms with Crippen LogP contribution in [0.15, 0.2) is 0 Å². The van der Waals surface area contributed by atoms with Crippen molar-refractivity contribution in [3.05, 3.63) is 0 Å². The normalized spacial score (nSPS) is 22.8. The lowest BCUT2D eigenvalue weighted by atomic mass is 10.2. The highest BCUT2D eigenvalue weighted by Crippen LogP contribution is 2.18. The van der Waals surface area contributed by atoms with E-state index in [1.165, 1.54) is 12.8 Å². The molecule has 0 saturated carbocycles. The monoisotopic (exact) mass is 184 g/mol. The smallest absolute Gasteiger partial charge is 0.222 e. The van der Waals surface area contributed by atoms with Gasteiger partial charge in [-0.25, -0.2) is 0 Å². The van der Waals surface area contributed by atoms with Crippen LogP contribution in [0.5, 0.6) is 0 Å². The van der Waals surface area contributed by atoms with Gasteiger partial charge in [-0.3, -0.25) is 4.79 Å². The van der Waals surface area contributed by atoms with Gasteiger partial charge in [-0.1, -0.05) is 6.92 Å². The number of hydrogen-bond acceptors (Lipinski definition) is 2. The summed E-state index contributed by atoms with van der Waals surface area (Å²) in [5.74, 6) is 0.310. The number of amides is 1. The molecule has 76 valence electrons. The fourth-order valence-electron chi connectivity index (χ4n) is 1.98. The molecule has 1 rings (SSSR count). The van der Waals surface area contributed by atoms with E-state index in [9.17, 15) is 4.79 Å². The molecule has 1 atom stereocenters. The molecule has 1 amide bonds. The molecule has 1 fully saturated rings. The third kappa shape index (κ3) is 2.69. The molecule has 0 spiro atoms. The summed E-state index contributed by atoms with van der Waals surface area (Å²) in [4.78, 5) is 15.7. The molecule has 0 aliphatic carbocycles. The first-order valence-corrected chi connectivity index (χ1v) is 5.09. The first kappa shape index (κ1) is 10.5. The molecule has 1 saturated heterocycles. The molecular formula is C10H20N2O. The van der Waals surface area contributed by atoms with Crippen molar-refractivity contribution in [1.29, 1.82) is 0 Å². The first-order valence-electron chi connectivity index (χ1n) is 5.09. The Kier molecular flexibility index (Phi) is 3.72. The van der Waals surface area contributed by atoms with E-state index in [0.29, 0.717) is 18.4 Å².